The Bertz CT molecular complexity index is 292. The average molecular weight is 221 g/mol. The molecule has 2 heteroatoms. The largest absolute Gasteiger partial charge is 0.497 e. The highest BCUT2D eigenvalue weighted by Gasteiger charge is 2.08. The average Bonchev–Trinajstić information content (AvgIpc) is 2.30. The van der Waals surface area contributed by atoms with E-state index in [9.17, 15) is 0 Å². The lowest BCUT2D eigenvalue weighted by atomic mass is 10.0. The predicted molar refractivity (Wildman–Crippen MR) is 68.9 cm³/mol. The van der Waals surface area contributed by atoms with Crippen molar-refractivity contribution >= 4 is 0 Å². The van der Waals surface area contributed by atoms with Gasteiger partial charge in [0.2, 0.25) is 0 Å². The van der Waals surface area contributed by atoms with Gasteiger partial charge in [-0.2, -0.15) is 0 Å². The standard InChI is InChI=1S/C14H23NO/c1-5-14(15-10-11(2)3)12-6-8-13(16-4)9-7-12/h6-9,11,14-15H,5,10H2,1-4H3. The molecule has 0 saturated heterocycles. The van der Waals surface area contributed by atoms with E-state index in [0.29, 0.717) is 12.0 Å². The minimum atomic E-state index is 0.452. The van der Waals surface area contributed by atoms with Gasteiger partial charge in [-0.25, -0.2) is 0 Å². The van der Waals surface area contributed by atoms with Crippen LogP contribution >= 0.6 is 0 Å². The molecule has 0 radical (unpaired) electrons. The molecule has 0 bridgehead atoms. The van der Waals surface area contributed by atoms with Crippen LogP contribution in [0.5, 0.6) is 5.75 Å². The molecule has 1 atom stereocenters. The molecule has 1 rings (SSSR count). The van der Waals surface area contributed by atoms with Crippen molar-refractivity contribution in [3.8, 4) is 5.75 Å². The highest BCUT2D eigenvalue weighted by molar-refractivity contribution is 5.29. The van der Waals surface area contributed by atoms with Gasteiger partial charge in [-0.1, -0.05) is 32.9 Å². The third-order valence-electron chi connectivity index (χ3n) is 2.70. The molecule has 1 aromatic rings. The highest BCUT2D eigenvalue weighted by atomic mass is 16.5. The minimum absolute atomic E-state index is 0.452. The Kier molecular flexibility index (Phi) is 5.33. The molecule has 0 saturated carbocycles. The van der Waals surface area contributed by atoms with E-state index in [1.165, 1.54) is 5.56 Å². The summed E-state index contributed by atoms with van der Waals surface area (Å²) in [5.74, 6) is 1.61. The predicted octanol–water partition coefficient (Wildman–Crippen LogP) is 3.39. The highest BCUT2D eigenvalue weighted by Crippen LogP contribution is 2.20. The lowest BCUT2D eigenvalue weighted by Crippen LogP contribution is -2.24. The van der Waals surface area contributed by atoms with Crippen molar-refractivity contribution in [3.05, 3.63) is 29.8 Å². The molecule has 0 aromatic heterocycles. The van der Waals surface area contributed by atoms with Gasteiger partial charge in [-0.05, 0) is 36.6 Å². The normalized spacial score (nSPS) is 12.8. The molecule has 1 aromatic carbocycles. The van der Waals surface area contributed by atoms with Gasteiger partial charge in [0.05, 0.1) is 7.11 Å². The van der Waals surface area contributed by atoms with Crippen LogP contribution in [-0.2, 0) is 0 Å². The molecule has 16 heavy (non-hydrogen) atoms. The zero-order valence-corrected chi connectivity index (χ0v) is 10.8. The monoisotopic (exact) mass is 221 g/mol. The fourth-order valence-corrected chi connectivity index (χ4v) is 1.71. The van der Waals surface area contributed by atoms with Crippen molar-refractivity contribution in [3.63, 3.8) is 0 Å². The van der Waals surface area contributed by atoms with Gasteiger partial charge in [-0.3, -0.25) is 0 Å². The van der Waals surface area contributed by atoms with Crippen LogP contribution in [0.4, 0.5) is 0 Å². The fraction of sp³-hybridized carbons (Fsp3) is 0.571. The van der Waals surface area contributed by atoms with Gasteiger partial charge in [-0.15, -0.1) is 0 Å². The Balaban J connectivity index is 2.63. The first-order valence-corrected chi connectivity index (χ1v) is 6.04. The summed E-state index contributed by atoms with van der Waals surface area (Å²) in [5, 5.41) is 3.58. The fourth-order valence-electron chi connectivity index (χ4n) is 1.71. The van der Waals surface area contributed by atoms with Crippen LogP contribution in [0.15, 0.2) is 24.3 Å². The van der Waals surface area contributed by atoms with Crippen LogP contribution in [0.3, 0.4) is 0 Å². The van der Waals surface area contributed by atoms with Gasteiger partial charge in [0.1, 0.15) is 5.75 Å². The molecule has 1 unspecified atom stereocenters. The number of nitrogens with one attached hydrogen (secondary N) is 1. The molecular formula is C14H23NO. The van der Waals surface area contributed by atoms with E-state index >= 15 is 0 Å². The molecule has 0 aliphatic heterocycles. The summed E-state index contributed by atoms with van der Waals surface area (Å²) in [6.07, 6.45) is 1.11. The number of ether oxygens (including phenoxy) is 1. The van der Waals surface area contributed by atoms with Gasteiger partial charge in [0.25, 0.3) is 0 Å². The molecule has 0 spiro atoms. The van der Waals surface area contributed by atoms with Crippen molar-refractivity contribution in [2.75, 3.05) is 13.7 Å². The van der Waals surface area contributed by atoms with Crippen molar-refractivity contribution in [1.29, 1.82) is 0 Å². The second-order valence-corrected chi connectivity index (χ2v) is 4.54. The molecule has 0 aliphatic rings. The molecule has 1 N–H and O–H groups in total. The number of methoxy groups -OCH3 is 1. The van der Waals surface area contributed by atoms with E-state index in [2.05, 4.69) is 38.2 Å². The lowest BCUT2D eigenvalue weighted by molar-refractivity contribution is 0.413. The lowest BCUT2D eigenvalue weighted by Gasteiger charge is -2.19. The van der Waals surface area contributed by atoms with Crippen LogP contribution in [-0.4, -0.2) is 13.7 Å². The topological polar surface area (TPSA) is 21.3 Å². The molecule has 0 aliphatic carbocycles. The summed E-state index contributed by atoms with van der Waals surface area (Å²) in [6, 6.07) is 8.78. The molecule has 0 amide bonds. The maximum absolute atomic E-state index is 5.16. The zero-order valence-electron chi connectivity index (χ0n) is 10.8. The minimum Gasteiger partial charge on any atom is -0.497 e. The second kappa shape index (κ2) is 6.54. The quantitative estimate of drug-likeness (QED) is 0.795. The van der Waals surface area contributed by atoms with Crippen LogP contribution < -0.4 is 10.1 Å². The third-order valence-corrected chi connectivity index (χ3v) is 2.70. The van der Waals surface area contributed by atoms with Crippen LogP contribution in [0.2, 0.25) is 0 Å². The number of hydrogen-bond donors (Lipinski definition) is 1. The van der Waals surface area contributed by atoms with E-state index in [1.807, 2.05) is 12.1 Å². The van der Waals surface area contributed by atoms with Gasteiger partial charge in [0.15, 0.2) is 0 Å². The summed E-state index contributed by atoms with van der Waals surface area (Å²) in [5.41, 5.74) is 1.34. The zero-order chi connectivity index (χ0) is 12.0. The van der Waals surface area contributed by atoms with Crippen LogP contribution in [0.1, 0.15) is 38.8 Å². The van der Waals surface area contributed by atoms with Crippen molar-refractivity contribution in [2.45, 2.75) is 33.2 Å². The van der Waals surface area contributed by atoms with E-state index in [0.717, 1.165) is 18.7 Å². The van der Waals surface area contributed by atoms with Gasteiger partial charge < -0.3 is 10.1 Å². The Morgan fingerprint density at radius 1 is 1.19 bits per heavy atom. The van der Waals surface area contributed by atoms with Crippen LogP contribution in [0, 0.1) is 5.92 Å². The van der Waals surface area contributed by atoms with E-state index in [1.54, 1.807) is 7.11 Å². The Morgan fingerprint density at radius 2 is 1.81 bits per heavy atom. The van der Waals surface area contributed by atoms with Crippen molar-refractivity contribution in [1.82, 2.24) is 5.32 Å². The van der Waals surface area contributed by atoms with E-state index in [-0.39, 0.29) is 0 Å². The van der Waals surface area contributed by atoms with Crippen molar-refractivity contribution in [2.24, 2.45) is 5.92 Å². The molecule has 90 valence electrons. The molecule has 2 nitrogen and oxygen atoms in total. The second-order valence-electron chi connectivity index (χ2n) is 4.54. The Morgan fingerprint density at radius 3 is 2.25 bits per heavy atom. The first-order valence-electron chi connectivity index (χ1n) is 6.04. The van der Waals surface area contributed by atoms with E-state index in [4.69, 9.17) is 4.74 Å². The first kappa shape index (κ1) is 13.0. The summed E-state index contributed by atoms with van der Waals surface area (Å²) >= 11 is 0. The number of rotatable bonds is 6. The third kappa shape index (κ3) is 3.86. The Hall–Kier alpha value is -1.02. The summed E-state index contributed by atoms with van der Waals surface area (Å²) in [7, 11) is 1.70. The molecular weight excluding hydrogens is 198 g/mol. The van der Waals surface area contributed by atoms with Gasteiger partial charge in [0, 0.05) is 6.04 Å². The summed E-state index contributed by atoms with van der Waals surface area (Å²) in [4.78, 5) is 0. The molecule has 0 heterocycles. The molecule has 0 fully saturated rings. The Labute approximate surface area is 99.0 Å². The van der Waals surface area contributed by atoms with E-state index < -0.39 is 0 Å². The van der Waals surface area contributed by atoms with Crippen molar-refractivity contribution < 1.29 is 4.74 Å². The SMILES string of the molecule is CCC(NCC(C)C)c1ccc(OC)cc1. The first-order chi connectivity index (χ1) is 7.67. The number of benzene rings is 1. The maximum atomic E-state index is 5.16. The summed E-state index contributed by atoms with van der Waals surface area (Å²) in [6.45, 7) is 7.73. The maximum Gasteiger partial charge on any atom is 0.118 e. The van der Waals surface area contributed by atoms with Crippen LogP contribution in [0.25, 0.3) is 0 Å². The summed E-state index contributed by atoms with van der Waals surface area (Å²) < 4.78 is 5.16. The van der Waals surface area contributed by atoms with Gasteiger partial charge >= 0.3 is 0 Å². The number of hydrogen-bond acceptors (Lipinski definition) is 2. The smallest absolute Gasteiger partial charge is 0.118 e.